The first-order chi connectivity index (χ1) is 18.8. The average Bonchev–Trinajstić information content (AvgIpc) is 2.95. The summed E-state index contributed by atoms with van der Waals surface area (Å²) in [7, 11) is 2.33. The van der Waals surface area contributed by atoms with Crippen molar-refractivity contribution in [2.75, 3.05) is 7.05 Å². The Balaban J connectivity index is 1.55. The van der Waals surface area contributed by atoms with Gasteiger partial charge in [-0.25, -0.2) is 0 Å². The highest BCUT2D eigenvalue weighted by Crippen LogP contribution is 2.32. The van der Waals surface area contributed by atoms with Crippen LogP contribution < -0.4 is 15.3 Å². The fourth-order valence-corrected chi connectivity index (χ4v) is 6.54. The minimum Gasteiger partial charge on any atom is -0.488 e. The number of rotatable bonds is 10. The summed E-state index contributed by atoms with van der Waals surface area (Å²) in [5.74, 6) is 2.08. The Morgan fingerprint density at radius 2 is 1.50 bits per heavy atom. The van der Waals surface area contributed by atoms with Gasteiger partial charge in [0.1, 0.15) is 12.4 Å². The van der Waals surface area contributed by atoms with Crippen LogP contribution in [0, 0.1) is 11.8 Å². The molecule has 0 radical (unpaired) electrons. The molecule has 0 aromatic heterocycles. The van der Waals surface area contributed by atoms with Gasteiger partial charge in [-0.15, -0.1) is 0 Å². The lowest BCUT2D eigenvalue weighted by molar-refractivity contribution is 0.304. The van der Waals surface area contributed by atoms with E-state index < -0.39 is 0 Å². The zero-order chi connectivity index (χ0) is 26.0. The fraction of sp³-hybridized carbons (Fsp3) is 0.229. The van der Waals surface area contributed by atoms with Crippen LogP contribution in [0.25, 0.3) is 0 Å². The number of ether oxygens (including phenoxy) is 1. The topological polar surface area (TPSA) is 21.6 Å². The van der Waals surface area contributed by atoms with E-state index >= 15 is 0 Å². The van der Waals surface area contributed by atoms with E-state index in [4.69, 9.17) is 4.74 Å². The third-order valence-corrected chi connectivity index (χ3v) is 8.43. The van der Waals surface area contributed by atoms with E-state index in [1.807, 2.05) is 13.3 Å². The molecule has 0 N–H and O–H groups in total. The fourth-order valence-electron chi connectivity index (χ4n) is 5.18. The Morgan fingerprint density at radius 1 is 0.789 bits per heavy atom. The van der Waals surface area contributed by atoms with Gasteiger partial charge >= 0.3 is 0 Å². The second kappa shape index (κ2) is 13.4. The third-order valence-electron chi connectivity index (χ3n) is 7.07. The Hall–Kier alpha value is -3.48. The van der Waals surface area contributed by atoms with Crippen LogP contribution in [0.15, 0.2) is 120 Å². The Bertz CT molecular complexity index is 1370. The van der Waals surface area contributed by atoms with Gasteiger partial charge in [-0.05, 0) is 71.1 Å². The predicted octanol–water partition coefficient (Wildman–Crippen LogP) is 7.29. The maximum absolute atomic E-state index is 6.72. The molecule has 38 heavy (non-hydrogen) atoms. The van der Waals surface area contributed by atoms with Gasteiger partial charge in [0, 0.05) is 18.6 Å². The summed E-state index contributed by atoms with van der Waals surface area (Å²) in [5, 5.41) is 2.59. The zero-order valence-corrected chi connectivity index (χ0v) is 23.1. The van der Waals surface area contributed by atoms with Crippen molar-refractivity contribution in [3.05, 3.63) is 138 Å². The minimum absolute atomic E-state index is 0.488. The number of aliphatic imine (C=N–C) groups is 1. The van der Waals surface area contributed by atoms with Crippen LogP contribution in [-0.2, 0) is 19.4 Å². The Kier molecular flexibility index (Phi) is 9.19. The molecule has 0 aliphatic heterocycles. The minimum atomic E-state index is 0.488. The van der Waals surface area contributed by atoms with E-state index in [0.29, 0.717) is 27.0 Å². The summed E-state index contributed by atoms with van der Waals surface area (Å²) in [6, 6.07) is 23.9. The van der Waals surface area contributed by atoms with Gasteiger partial charge in [-0.2, -0.15) is 0 Å². The zero-order valence-electron chi connectivity index (χ0n) is 22.1. The second-order valence-electron chi connectivity index (χ2n) is 10.0. The molecule has 0 spiro atoms. The Morgan fingerprint density at radius 3 is 2.21 bits per heavy atom. The molecule has 3 aromatic carbocycles. The molecule has 2 aliphatic rings. The molecule has 0 fully saturated rings. The van der Waals surface area contributed by atoms with Crippen molar-refractivity contribution in [3.8, 4) is 5.75 Å². The lowest BCUT2D eigenvalue weighted by Crippen LogP contribution is -2.17. The van der Waals surface area contributed by atoms with E-state index in [2.05, 4.69) is 120 Å². The molecule has 0 bridgehead atoms. The molecule has 3 aromatic rings. The van der Waals surface area contributed by atoms with Crippen LogP contribution >= 0.6 is 8.58 Å². The molecule has 2 aliphatic carbocycles. The van der Waals surface area contributed by atoms with Crippen LogP contribution in [0.2, 0.25) is 0 Å². The van der Waals surface area contributed by atoms with Crippen molar-refractivity contribution < 1.29 is 4.74 Å². The number of nitrogens with zero attached hydrogens (tertiary/aromatic N) is 1. The average molecular weight is 518 g/mol. The van der Waals surface area contributed by atoms with E-state index in [1.54, 1.807) is 0 Å². The van der Waals surface area contributed by atoms with Crippen molar-refractivity contribution in [3.63, 3.8) is 0 Å². The third kappa shape index (κ3) is 7.09. The highest BCUT2D eigenvalue weighted by atomic mass is 31.1. The summed E-state index contributed by atoms with van der Waals surface area (Å²) >= 11 is 0. The van der Waals surface area contributed by atoms with Crippen molar-refractivity contribution in [1.29, 1.82) is 0 Å². The van der Waals surface area contributed by atoms with Crippen LogP contribution in [0.5, 0.6) is 5.75 Å². The molecule has 0 heterocycles. The molecule has 0 saturated heterocycles. The maximum Gasteiger partial charge on any atom is 0.130 e. The van der Waals surface area contributed by atoms with Gasteiger partial charge in [0.15, 0.2) is 0 Å². The van der Waals surface area contributed by atoms with E-state index in [-0.39, 0.29) is 0 Å². The number of allylic oxidation sites excluding steroid dienone is 8. The van der Waals surface area contributed by atoms with Gasteiger partial charge in [0.2, 0.25) is 0 Å². The first-order valence-corrected chi connectivity index (χ1v) is 14.6. The molecule has 5 rings (SSSR count). The van der Waals surface area contributed by atoms with Crippen LogP contribution in [0.3, 0.4) is 0 Å². The van der Waals surface area contributed by atoms with Crippen molar-refractivity contribution in [2.45, 2.75) is 32.3 Å². The molecule has 3 atom stereocenters. The first-order valence-electron chi connectivity index (χ1n) is 13.6. The summed E-state index contributed by atoms with van der Waals surface area (Å²) in [6.07, 6.45) is 24.1. The lowest BCUT2D eigenvalue weighted by Gasteiger charge is -2.22. The Labute approximate surface area is 229 Å². The van der Waals surface area contributed by atoms with E-state index in [9.17, 15) is 0 Å². The van der Waals surface area contributed by atoms with Gasteiger partial charge in [0.25, 0.3) is 0 Å². The van der Waals surface area contributed by atoms with Gasteiger partial charge in [0.05, 0.1) is 0 Å². The molecule has 3 unspecified atom stereocenters. The molecule has 3 heteroatoms. The molecular weight excluding hydrogens is 481 g/mol. The van der Waals surface area contributed by atoms with Crippen molar-refractivity contribution in [2.24, 2.45) is 16.8 Å². The molecule has 2 nitrogen and oxygen atoms in total. The first kappa shape index (κ1) is 26.1. The number of hydrogen-bond acceptors (Lipinski definition) is 2. The standard InChI is InChI=1S/C35H36NOP/c1-36-25-31-19-11-12-20-33(31)38-34-24-30(21-27-13-5-2-6-14-27)23-32(22-28-15-7-3-8-16-28)35(34)37-26-29-17-9-4-10-18-29/h2-13,15,17-20,23-25,27-28,38H,14,16,21-22,26H2,1H3/b36-25+. The summed E-state index contributed by atoms with van der Waals surface area (Å²) in [4.78, 5) is 4.32. The van der Waals surface area contributed by atoms with Gasteiger partial charge in [-0.3, -0.25) is 4.99 Å². The molecule has 192 valence electrons. The summed E-state index contributed by atoms with van der Waals surface area (Å²) < 4.78 is 6.72. The maximum atomic E-state index is 6.72. The van der Waals surface area contributed by atoms with Crippen LogP contribution in [0.4, 0.5) is 0 Å². The van der Waals surface area contributed by atoms with Gasteiger partial charge < -0.3 is 4.74 Å². The smallest absolute Gasteiger partial charge is 0.130 e. The van der Waals surface area contributed by atoms with Gasteiger partial charge in [-0.1, -0.05) is 118 Å². The van der Waals surface area contributed by atoms with Crippen molar-refractivity contribution >= 4 is 25.4 Å². The molecule has 0 saturated carbocycles. The van der Waals surface area contributed by atoms with E-state index in [1.165, 1.54) is 32.9 Å². The normalized spacial score (nSPS) is 18.7. The summed E-state index contributed by atoms with van der Waals surface area (Å²) in [5.41, 5.74) is 5.09. The van der Waals surface area contributed by atoms with Crippen LogP contribution in [-0.4, -0.2) is 13.3 Å². The quantitative estimate of drug-likeness (QED) is 0.204. The highest BCUT2D eigenvalue weighted by molar-refractivity contribution is 7.56. The second-order valence-corrected chi connectivity index (χ2v) is 11.4. The SMILES string of the molecule is C/N=C/c1ccccc1Pc1cc(CC2C=CC=CC2)cc(CC2C=CC=CC2)c1OCc1ccccc1. The largest absolute Gasteiger partial charge is 0.488 e. The van der Waals surface area contributed by atoms with E-state index in [0.717, 1.165) is 31.4 Å². The highest BCUT2D eigenvalue weighted by Gasteiger charge is 2.19. The molecular formula is C35H36NOP. The predicted molar refractivity (Wildman–Crippen MR) is 165 cm³/mol. The van der Waals surface area contributed by atoms with Crippen LogP contribution in [0.1, 0.15) is 35.1 Å². The number of hydrogen-bond donors (Lipinski definition) is 0. The monoisotopic (exact) mass is 517 g/mol. The van der Waals surface area contributed by atoms with Crippen molar-refractivity contribution in [1.82, 2.24) is 0 Å². The molecule has 0 amide bonds. The lowest BCUT2D eigenvalue weighted by atomic mass is 9.89. The summed E-state index contributed by atoms with van der Waals surface area (Å²) in [6.45, 7) is 0.569. The number of benzene rings is 3.